The van der Waals surface area contributed by atoms with E-state index in [1.54, 1.807) is 34.6 Å². The maximum atomic E-state index is 12.1. The fourth-order valence-corrected chi connectivity index (χ4v) is 3.21. The second-order valence-electron chi connectivity index (χ2n) is 5.74. The van der Waals surface area contributed by atoms with E-state index in [0.29, 0.717) is 6.54 Å². The lowest BCUT2D eigenvalue weighted by Gasteiger charge is -2.12. The van der Waals surface area contributed by atoms with E-state index in [1.807, 2.05) is 6.92 Å². The largest absolute Gasteiger partial charge is 0.354 e. The molecule has 1 N–H and O–H groups in total. The average molecular weight is 340 g/mol. The van der Waals surface area contributed by atoms with Crippen molar-refractivity contribution in [3.8, 4) is 10.6 Å². The Morgan fingerprint density at radius 1 is 1.33 bits per heavy atom. The van der Waals surface area contributed by atoms with Crippen LogP contribution < -0.4 is 5.32 Å². The number of amides is 1. The van der Waals surface area contributed by atoms with Crippen molar-refractivity contribution >= 4 is 17.2 Å². The van der Waals surface area contributed by atoms with Gasteiger partial charge in [-0.2, -0.15) is 0 Å². The maximum Gasteiger partial charge on any atom is 0.242 e. The Morgan fingerprint density at radius 2 is 2.12 bits per heavy atom. The van der Waals surface area contributed by atoms with Crippen LogP contribution in [0.1, 0.15) is 24.2 Å². The highest BCUT2D eigenvalue weighted by Crippen LogP contribution is 2.24. The minimum Gasteiger partial charge on any atom is -0.354 e. The van der Waals surface area contributed by atoms with Gasteiger partial charge in [-0.05, 0) is 13.8 Å². The van der Waals surface area contributed by atoms with Gasteiger partial charge < -0.3 is 9.88 Å². The molecule has 0 aliphatic rings. The van der Waals surface area contributed by atoms with Crippen LogP contribution in [0.2, 0.25) is 0 Å². The molecule has 5 nitrogen and oxygen atoms in total. The molecule has 6 heteroatoms. The lowest BCUT2D eigenvalue weighted by atomic mass is 10.2. The minimum absolute atomic E-state index is 0.0120. The fourth-order valence-electron chi connectivity index (χ4n) is 2.35. The standard InChI is InChI=1S/C18H20N4OS/c1-13-3-5-15(6-4-13)18-21-16(11-24-18)7-8-20-17(23)14(2)22-10-9-19-12-22/h3-6,9-12,14H,7-8H2,1-2H3,(H,20,23)/t14-/m1/s1. The summed E-state index contributed by atoms with van der Waals surface area (Å²) in [6.45, 7) is 4.51. The van der Waals surface area contributed by atoms with Gasteiger partial charge in [0.1, 0.15) is 11.0 Å². The van der Waals surface area contributed by atoms with Gasteiger partial charge in [0.2, 0.25) is 5.91 Å². The Hall–Kier alpha value is -2.47. The summed E-state index contributed by atoms with van der Waals surface area (Å²) in [6.07, 6.45) is 5.84. The lowest BCUT2D eigenvalue weighted by Crippen LogP contribution is -2.32. The molecule has 0 fully saturated rings. The molecule has 0 spiro atoms. The van der Waals surface area contributed by atoms with Gasteiger partial charge in [-0.25, -0.2) is 9.97 Å². The summed E-state index contributed by atoms with van der Waals surface area (Å²) in [5.41, 5.74) is 3.38. The van der Waals surface area contributed by atoms with Gasteiger partial charge in [0, 0.05) is 36.3 Å². The molecule has 1 aromatic carbocycles. The molecule has 0 saturated carbocycles. The van der Waals surface area contributed by atoms with E-state index in [1.165, 1.54) is 5.56 Å². The molecule has 124 valence electrons. The van der Waals surface area contributed by atoms with Crippen LogP contribution in [-0.4, -0.2) is 27.0 Å². The van der Waals surface area contributed by atoms with Gasteiger partial charge in [0.05, 0.1) is 12.0 Å². The highest BCUT2D eigenvalue weighted by molar-refractivity contribution is 7.13. The van der Waals surface area contributed by atoms with E-state index in [9.17, 15) is 4.79 Å². The molecule has 3 aromatic rings. The normalized spacial score (nSPS) is 12.1. The molecule has 1 atom stereocenters. The number of imidazole rings is 1. The van der Waals surface area contributed by atoms with Gasteiger partial charge in [-0.15, -0.1) is 11.3 Å². The molecule has 0 radical (unpaired) electrons. The molecular weight excluding hydrogens is 320 g/mol. The van der Waals surface area contributed by atoms with Crippen molar-refractivity contribution in [1.29, 1.82) is 0 Å². The Labute approximate surface area is 145 Å². The van der Waals surface area contributed by atoms with Crippen molar-refractivity contribution in [1.82, 2.24) is 19.9 Å². The average Bonchev–Trinajstić information content (AvgIpc) is 3.26. The lowest BCUT2D eigenvalue weighted by molar-refractivity contribution is -0.123. The number of carbonyl (C=O) groups is 1. The van der Waals surface area contributed by atoms with E-state index in [4.69, 9.17) is 0 Å². The first-order chi connectivity index (χ1) is 11.6. The summed E-state index contributed by atoms with van der Waals surface area (Å²) in [5.74, 6) is -0.0120. The van der Waals surface area contributed by atoms with Crippen molar-refractivity contribution in [3.05, 3.63) is 59.6 Å². The molecule has 3 rings (SSSR count). The van der Waals surface area contributed by atoms with Crippen LogP contribution in [0.3, 0.4) is 0 Å². The highest BCUT2D eigenvalue weighted by atomic mass is 32.1. The maximum absolute atomic E-state index is 12.1. The predicted molar refractivity (Wildman–Crippen MR) is 95.9 cm³/mol. The molecule has 0 unspecified atom stereocenters. The topological polar surface area (TPSA) is 59.8 Å². The Kier molecular flexibility index (Phi) is 5.05. The third kappa shape index (κ3) is 3.89. The van der Waals surface area contributed by atoms with Crippen LogP contribution in [0.25, 0.3) is 10.6 Å². The summed E-state index contributed by atoms with van der Waals surface area (Å²) >= 11 is 1.64. The number of hydrogen-bond acceptors (Lipinski definition) is 4. The smallest absolute Gasteiger partial charge is 0.242 e. The van der Waals surface area contributed by atoms with Gasteiger partial charge in [0.25, 0.3) is 0 Å². The van der Waals surface area contributed by atoms with Crippen LogP contribution in [-0.2, 0) is 11.2 Å². The van der Waals surface area contributed by atoms with Gasteiger partial charge in [0.15, 0.2) is 0 Å². The van der Waals surface area contributed by atoms with Crippen LogP contribution in [0, 0.1) is 6.92 Å². The summed E-state index contributed by atoms with van der Waals surface area (Å²) in [7, 11) is 0. The third-order valence-corrected chi connectivity index (χ3v) is 4.82. The third-order valence-electron chi connectivity index (χ3n) is 3.88. The zero-order chi connectivity index (χ0) is 16.9. The van der Waals surface area contributed by atoms with Crippen LogP contribution in [0.5, 0.6) is 0 Å². The van der Waals surface area contributed by atoms with Crippen molar-refractivity contribution in [3.63, 3.8) is 0 Å². The summed E-state index contributed by atoms with van der Waals surface area (Å²) in [5, 5.41) is 6.03. The molecule has 24 heavy (non-hydrogen) atoms. The summed E-state index contributed by atoms with van der Waals surface area (Å²) in [6, 6.07) is 8.10. The molecule has 2 heterocycles. The van der Waals surface area contributed by atoms with E-state index in [-0.39, 0.29) is 11.9 Å². The number of rotatable bonds is 6. The monoisotopic (exact) mass is 340 g/mol. The van der Waals surface area contributed by atoms with Gasteiger partial charge >= 0.3 is 0 Å². The molecule has 2 aromatic heterocycles. The van der Waals surface area contributed by atoms with Crippen molar-refractivity contribution in [2.75, 3.05) is 6.54 Å². The number of nitrogens with zero attached hydrogens (tertiary/aromatic N) is 3. The molecule has 0 aliphatic heterocycles. The van der Waals surface area contributed by atoms with Crippen LogP contribution >= 0.6 is 11.3 Å². The highest BCUT2D eigenvalue weighted by Gasteiger charge is 2.13. The first kappa shape index (κ1) is 16.4. The minimum atomic E-state index is -0.258. The van der Waals surface area contributed by atoms with Crippen LogP contribution in [0.4, 0.5) is 0 Å². The van der Waals surface area contributed by atoms with E-state index >= 15 is 0 Å². The van der Waals surface area contributed by atoms with E-state index in [2.05, 4.69) is 51.9 Å². The Morgan fingerprint density at radius 3 is 2.83 bits per heavy atom. The number of nitrogens with one attached hydrogen (secondary N) is 1. The number of aryl methyl sites for hydroxylation is 1. The quantitative estimate of drug-likeness (QED) is 0.749. The molecular formula is C18H20N4OS. The molecule has 0 bridgehead atoms. The molecule has 0 aliphatic carbocycles. The first-order valence-electron chi connectivity index (χ1n) is 7.90. The van der Waals surface area contributed by atoms with Gasteiger partial charge in [-0.1, -0.05) is 29.8 Å². The Balaban J connectivity index is 1.52. The molecule has 0 saturated heterocycles. The van der Waals surface area contributed by atoms with Crippen LogP contribution in [0.15, 0.2) is 48.4 Å². The SMILES string of the molecule is Cc1ccc(-c2nc(CCNC(=O)[C@@H](C)n3ccnc3)cs2)cc1. The zero-order valence-electron chi connectivity index (χ0n) is 13.8. The van der Waals surface area contributed by atoms with Crippen molar-refractivity contribution in [2.45, 2.75) is 26.3 Å². The zero-order valence-corrected chi connectivity index (χ0v) is 14.6. The molecule has 1 amide bonds. The van der Waals surface area contributed by atoms with E-state index < -0.39 is 0 Å². The van der Waals surface area contributed by atoms with E-state index in [0.717, 1.165) is 22.7 Å². The fraction of sp³-hybridized carbons (Fsp3) is 0.278. The number of thiazole rings is 1. The van der Waals surface area contributed by atoms with Crippen molar-refractivity contribution < 1.29 is 4.79 Å². The predicted octanol–water partition coefficient (Wildman–Crippen LogP) is 3.23. The second-order valence-corrected chi connectivity index (χ2v) is 6.60. The number of hydrogen-bond donors (Lipinski definition) is 1. The Bertz CT molecular complexity index is 793. The summed E-state index contributed by atoms with van der Waals surface area (Å²) < 4.78 is 1.79. The van der Waals surface area contributed by atoms with Crippen molar-refractivity contribution in [2.24, 2.45) is 0 Å². The number of benzene rings is 1. The second kappa shape index (κ2) is 7.40. The number of carbonyl (C=O) groups excluding carboxylic acids is 1. The first-order valence-corrected chi connectivity index (χ1v) is 8.78. The number of aromatic nitrogens is 3. The summed E-state index contributed by atoms with van der Waals surface area (Å²) in [4.78, 5) is 20.7. The van der Waals surface area contributed by atoms with Gasteiger partial charge in [-0.3, -0.25) is 4.79 Å².